The van der Waals surface area contributed by atoms with Crippen molar-refractivity contribution in [3.05, 3.63) is 42.0 Å². The topological polar surface area (TPSA) is 103 Å². The van der Waals surface area contributed by atoms with Crippen molar-refractivity contribution in [2.24, 2.45) is 5.73 Å². The molecule has 0 radical (unpaired) electrons. The van der Waals surface area contributed by atoms with Crippen LogP contribution in [-0.2, 0) is 6.54 Å². The van der Waals surface area contributed by atoms with Gasteiger partial charge in [-0.1, -0.05) is 6.07 Å². The Hall–Kier alpha value is -2.21. The number of nitrogens with zero attached hydrogens (tertiary/aromatic N) is 3. The Bertz CT molecular complexity index is 594. The number of aromatic nitrogens is 3. The quantitative estimate of drug-likeness (QED) is 0.773. The predicted octanol–water partition coefficient (Wildman–Crippen LogP) is 1.27. The summed E-state index contributed by atoms with van der Waals surface area (Å²) < 4.78 is 0. The fourth-order valence-corrected chi connectivity index (χ4v) is 2.38. The number of nitrogens with one attached hydrogen (secondary N) is 1. The molecule has 0 bridgehead atoms. The van der Waals surface area contributed by atoms with Crippen LogP contribution in [0.2, 0.25) is 0 Å². The van der Waals surface area contributed by atoms with Gasteiger partial charge in [-0.15, -0.1) is 0 Å². The molecule has 2 aromatic heterocycles. The Balaban J connectivity index is 1.66. The molecule has 2 aromatic rings. The average Bonchev–Trinajstić information content (AvgIpc) is 2.43. The first-order chi connectivity index (χ1) is 9.72. The van der Waals surface area contributed by atoms with Gasteiger partial charge in [0.2, 0.25) is 0 Å². The van der Waals surface area contributed by atoms with Crippen molar-refractivity contribution in [2.75, 3.05) is 11.1 Å². The lowest BCUT2D eigenvalue weighted by Gasteiger charge is -2.31. The summed E-state index contributed by atoms with van der Waals surface area (Å²) in [5, 5.41) is 3.25. The molecule has 1 saturated carbocycles. The molecule has 3 rings (SSSR count). The molecule has 0 saturated heterocycles. The Morgan fingerprint density at radius 2 is 2.10 bits per heavy atom. The molecule has 20 heavy (non-hydrogen) atoms. The van der Waals surface area contributed by atoms with E-state index in [9.17, 15) is 0 Å². The molecule has 104 valence electrons. The lowest BCUT2D eigenvalue weighted by molar-refractivity contribution is 0.345. The smallest absolute Gasteiger partial charge is 0.129 e. The van der Waals surface area contributed by atoms with Crippen LogP contribution in [0.3, 0.4) is 0 Å². The zero-order valence-corrected chi connectivity index (χ0v) is 11.2. The zero-order valence-electron chi connectivity index (χ0n) is 11.2. The van der Waals surface area contributed by atoms with E-state index in [0.29, 0.717) is 24.3 Å². The van der Waals surface area contributed by atoms with Crippen molar-refractivity contribution in [3.8, 4) is 0 Å². The highest BCUT2D eigenvalue weighted by atomic mass is 15.0. The Morgan fingerprint density at radius 3 is 2.85 bits per heavy atom. The number of pyridine rings is 1. The van der Waals surface area contributed by atoms with E-state index >= 15 is 0 Å². The van der Waals surface area contributed by atoms with Crippen molar-refractivity contribution < 1.29 is 0 Å². The van der Waals surface area contributed by atoms with Gasteiger partial charge < -0.3 is 16.8 Å². The molecule has 1 fully saturated rings. The van der Waals surface area contributed by atoms with Gasteiger partial charge in [-0.3, -0.25) is 0 Å². The van der Waals surface area contributed by atoms with Crippen LogP contribution in [0.5, 0.6) is 0 Å². The fourth-order valence-electron chi connectivity index (χ4n) is 2.38. The molecule has 5 N–H and O–H groups in total. The second-order valence-electron chi connectivity index (χ2n) is 5.16. The van der Waals surface area contributed by atoms with E-state index in [2.05, 4.69) is 20.3 Å². The van der Waals surface area contributed by atoms with Gasteiger partial charge in [0.05, 0.1) is 0 Å². The van der Waals surface area contributed by atoms with Gasteiger partial charge in [0.25, 0.3) is 0 Å². The summed E-state index contributed by atoms with van der Waals surface area (Å²) in [7, 11) is 0. The monoisotopic (exact) mass is 270 g/mol. The number of hydrogen-bond donors (Lipinski definition) is 3. The highest BCUT2D eigenvalue weighted by molar-refractivity contribution is 5.43. The van der Waals surface area contributed by atoms with Crippen LogP contribution in [-0.4, -0.2) is 21.0 Å². The molecule has 0 aliphatic heterocycles. The predicted molar refractivity (Wildman–Crippen MR) is 78.0 cm³/mol. The normalized spacial score (nSPS) is 21.2. The van der Waals surface area contributed by atoms with Crippen LogP contribution in [0, 0.1) is 0 Å². The molecule has 1 aliphatic carbocycles. The highest BCUT2D eigenvalue weighted by Crippen LogP contribution is 2.34. The van der Waals surface area contributed by atoms with E-state index in [0.717, 1.165) is 29.9 Å². The average molecular weight is 270 g/mol. The van der Waals surface area contributed by atoms with Gasteiger partial charge in [-0.05, 0) is 18.9 Å². The number of rotatable bonds is 4. The van der Waals surface area contributed by atoms with Crippen LogP contribution >= 0.6 is 0 Å². The van der Waals surface area contributed by atoms with E-state index in [1.165, 1.54) is 0 Å². The third-order valence-electron chi connectivity index (χ3n) is 3.67. The van der Waals surface area contributed by atoms with Crippen molar-refractivity contribution in [2.45, 2.75) is 31.3 Å². The summed E-state index contributed by atoms with van der Waals surface area (Å²) in [6, 6.07) is 6.13. The Morgan fingerprint density at radius 1 is 1.25 bits per heavy atom. The second-order valence-corrected chi connectivity index (χ2v) is 5.16. The fraction of sp³-hybridized carbons (Fsp3) is 0.357. The Labute approximate surface area is 117 Å². The van der Waals surface area contributed by atoms with Crippen LogP contribution in [0.25, 0.3) is 0 Å². The minimum absolute atomic E-state index is 0.321. The molecule has 1 aliphatic rings. The van der Waals surface area contributed by atoms with Crippen LogP contribution in [0.1, 0.15) is 30.0 Å². The van der Waals surface area contributed by atoms with Crippen LogP contribution < -0.4 is 16.8 Å². The molecule has 0 unspecified atom stereocenters. The maximum atomic E-state index is 5.82. The SMILES string of the molecule is Nc1ncccc1CNc1cc(C2CC(N)C2)ncn1. The molecular formula is C14H18N6. The van der Waals surface area contributed by atoms with Gasteiger partial charge in [0.1, 0.15) is 18.0 Å². The molecular weight excluding hydrogens is 252 g/mol. The Kier molecular flexibility index (Phi) is 3.47. The number of nitrogen functional groups attached to an aromatic ring is 1. The number of hydrogen-bond acceptors (Lipinski definition) is 6. The standard InChI is InChI=1S/C14H18N6/c15-11-4-10(5-11)12-6-13(20-8-19-12)18-7-9-2-1-3-17-14(9)16/h1-3,6,8,10-11H,4-5,7,15H2,(H2,16,17)(H,18,19,20). The van der Waals surface area contributed by atoms with Crippen LogP contribution in [0.4, 0.5) is 11.6 Å². The first-order valence-corrected chi connectivity index (χ1v) is 6.73. The molecule has 6 nitrogen and oxygen atoms in total. The van der Waals surface area contributed by atoms with Crippen molar-refractivity contribution in [3.63, 3.8) is 0 Å². The summed E-state index contributed by atoms with van der Waals surface area (Å²) in [6.07, 6.45) is 5.29. The summed E-state index contributed by atoms with van der Waals surface area (Å²) in [6.45, 7) is 0.598. The minimum atomic E-state index is 0.321. The van der Waals surface area contributed by atoms with Crippen molar-refractivity contribution >= 4 is 11.6 Å². The molecule has 6 heteroatoms. The largest absolute Gasteiger partial charge is 0.383 e. The maximum absolute atomic E-state index is 5.82. The zero-order chi connectivity index (χ0) is 13.9. The van der Waals surface area contributed by atoms with Gasteiger partial charge in [-0.25, -0.2) is 15.0 Å². The van der Waals surface area contributed by atoms with Crippen LogP contribution in [0.15, 0.2) is 30.7 Å². The lowest BCUT2D eigenvalue weighted by atomic mass is 9.79. The number of anilines is 2. The number of nitrogens with two attached hydrogens (primary N) is 2. The van der Waals surface area contributed by atoms with E-state index in [1.807, 2.05) is 18.2 Å². The summed E-state index contributed by atoms with van der Waals surface area (Å²) in [4.78, 5) is 12.6. The second kappa shape index (κ2) is 5.42. The van der Waals surface area contributed by atoms with Gasteiger partial charge in [0.15, 0.2) is 0 Å². The minimum Gasteiger partial charge on any atom is -0.383 e. The van der Waals surface area contributed by atoms with Gasteiger partial charge in [0, 0.05) is 42.0 Å². The maximum Gasteiger partial charge on any atom is 0.129 e. The van der Waals surface area contributed by atoms with Gasteiger partial charge in [-0.2, -0.15) is 0 Å². The summed E-state index contributed by atoms with van der Waals surface area (Å²) in [5.41, 5.74) is 13.6. The van der Waals surface area contributed by atoms with Crippen molar-refractivity contribution in [1.29, 1.82) is 0 Å². The summed E-state index contributed by atoms with van der Waals surface area (Å²) in [5.74, 6) is 1.81. The first-order valence-electron chi connectivity index (χ1n) is 6.73. The van der Waals surface area contributed by atoms with Crippen molar-refractivity contribution in [1.82, 2.24) is 15.0 Å². The van der Waals surface area contributed by atoms with E-state index in [-0.39, 0.29) is 0 Å². The lowest BCUT2D eigenvalue weighted by Crippen LogP contribution is -2.35. The van der Waals surface area contributed by atoms with Gasteiger partial charge >= 0.3 is 0 Å². The first kappa shape index (κ1) is 12.8. The molecule has 0 aromatic carbocycles. The van der Waals surface area contributed by atoms with E-state index < -0.39 is 0 Å². The summed E-state index contributed by atoms with van der Waals surface area (Å²) >= 11 is 0. The molecule has 0 atom stereocenters. The van der Waals surface area contributed by atoms with E-state index in [1.54, 1.807) is 12.5 Å². The third kappa shape index (κ3) is 2.70. The molecule has 2 heterocycles. The third-order valence-corrected chi connectivity index (χ3v) is 3.67. The molecule has 0 amide bonds. The van der Waals surface area contributed by atoms with E-state index in [4.69, 9.17) is 11.5 Å². The molecule has 0 spiro atoms. The highest BCUT2D eigenvalue weighted by Gasteiger charge is 2.28.